The largest absolute Gasteiger partial charge is 0.411 e. The minimum atomic E-state index is -1.61. The molecule has 0 aromatic carbocycles. The van der Waals surface area contributed by atoms with Gasteiger partial charge < -0.3 is 4.43 Å². The molecule has 1 nitrogen and oxygen atoms in total. The highest BCUT2D eigenvalue weighted by molar-refractivity contribution is 6.76. The van der Waals surface area contributed by atoms with E-state index in [1.165, 1.54) is 77.0 Å². The zero-order valence-electron chi connectivity index (χ0n) is 15.3. The molecule has 0 rings (SSSR count). The first-order valence-electron chi connectivity index (χ1n) is 9.37. The van der Waals surface area contributed by atoms with Crippen LogP contribution in [0.4, 0.5) is 0 Å². The Balaban J connectivity index is 3.63. The van der Waals surface area contributed by atoms with Crippen LogP contribution in [0.25, 0.3) is 0 Å². The molecule has 1 unspecified atom stereocenters. The lowest BCUT2D eigenvalue weighted by Crippen LogP contribution is -2.33. The summed E-state index contributed by atoms with van der Waals surface area (Å²) in [5.74, 6) is 0. The molecule has 0 bridgehead atoms. The van der Waals surface area contributed by atoms with Gasteiger partial charge in [0.1, 0.15) is 0 Å². The van der Waals surface area contributed by atoms with Gasteiger partial charge in [-0.25, -0.2) is 0 Å². The number of rotatable bonds is 15. The van der Waals surface area contributed by atoms with Crippen molar-refractivity contribution in [2.45, 2.75) is 110 Å². The van der Waals surface area contributed by atoms with E-state index in [1.54, 1.807) is 0 Å². The molecule has 0 aliphatic carbocycles. The maximum atomic E-state index is 6.32. The van der Waals surface area contributed by atoms with Crippen molar-refractivity contribution in [3.05, 3.63) is 12.3 Å². The van der Waals surface area contributed by atoms with Crippen LogP contribution in [0.1, 0.15) is 90.9 Å². The van der Waals surface area contributed by atoms with Gasteiger partial charge in [0.25, 0.3) is 0 Å². The molecule has 0 fully saturated rings. The Hall–Kier alpha value is -0.0831. The predicted octanol–water partition coefficient (Wildman–Crippen LogP) is 7.02. The molecule has 0 radical (unpaired) electrons. The van der Waals surface area contributed by atoms with Gasteiger partial charge in [0.2, 0.25) is 8.32 Å². The minimum Gasteiger partial charge on any atom is -0.411 e. The fourth-order valence-corrected chi connectivity index (χ4v) is 3.94. The molecule has 0 heterocycles. The number of hydrogen-bond donors (Lipinski definition) is 0. The number of hydrogen-bond acceptors (Lipinski definition) is 1. The maximum absolute atomic E-state index is 6.32. The Kier molecular flexibility index (Phi) is 13.5. The summed E-state index contributed by atoms with van der Waals surface area (Å²) in [7, 11) is -1.61. The van der Waals surface area contributed by atoms with Crippen LogP contribution in [0.2, 0.25) is 13.1 Å². The summed E-state index contributed by atoms with van der Waals surface area (Å²) < 4.78 is 6.32. The molecule has 0 aliphatic rings. The second-order valence-electron chi connectivity index (χ2n) is 6.95. The highest BCUT2D eigenvalue weighted by Gasteiger charge is 2.22. The molecule has 1 atom stereocenters. The van der Waals surface area contributed by atoms with Crippen LogP contribution in [0.15, 0.2) is 12.3 Å². The van der Waals surface area contributed by atoms with Crippen molar-refractivity contribution in [2.24, 2.45) is 0 Å². The lowest BCUT2D eigenvalue weighted by Gasteiger charge is -2.26. The van der Waals surface area contributed by atoms with Crippen LogP contribution in [0.5, 0.6) is 0 Å². The minimum absolute atomic E-state index is 0.472. The van der Waals surface area contributed by atoms with Crippen molar-refractivity contribution >= 4 is 8.32 Å². The SMILES string of the molecule is C=C[Si](C)(C)OC(CCC)CCCCCCCCCCC. The zero-order valence-corrected chi connectivity index (χ0v) is 16.3. The highest BCUT2D eigenvalue weighted by Crippen LogP contribution is 2.19. The zero-order chi connectivity index (χ0) is 16.0. The summed E-state index contributed by atoms with van der Waals surface area (Å²) in [5, 5.41) is 0. The van der Waals surface area contributed by atoms with Crippen molar-refractivity contribution in [3.8, 4) is 0 Å². The average molecular weight is 313 g/mol. The first-order chi connectivity index (χ1) is 10.1. The standard InChI is InChI=1S/C19H40OSi/c1-6-9-10-11-12-13-14-15-16-18-19(17-7-2)20-21(4,5)8-3/h8,19H,3,6-7,9-18H2,1-2,4-5H3. The summed E-state index contributed by atoms with van der Waals surface area (Å²) in [5.41, 5.74) is 2.06. The van der Waals surface area contributed by atoms with E-state index in [4.69, 9.17) is 4.43 Å². The van der Waals surface area contributed by atoms with E-state index in [1.807, 2.05) is 0 Å². The average Bonchev–Trinajstić information content (AvgIpc) is 2.45. The van der Waals surface area contributed by atoms with E-state index in [9.17, 15) is 0 Å². The van der Waals surface area contributed by atoms with E-state index < -0.39 is 8.32 Å². The van der Waals surface area contributed by atoms with E-state index >= 15 is 0 Å². The van der Waals surface area contributed by atoms with Crippen molar-refractivity contribution in [2.75, 3.05) is 0 Å². The Morgan fingerprint density at radius 1 is 0.810 bits per heavy atom. The molecule has 0 saturated carbocycles. The van der Waals surface area contributed by atoms with Crippen LogP contribution in [0, 0.1) is 0 Å². The van der Waals surface area contributed by atoms with E-state index in [2.05, 4.69) is 39.2 Å². The molecule has 0 aliphatic heterocycles. The van der Waals surface area contributed by atoms with Crippen LogP contribution >= 0.6 is 0 Å². The second kappa shape index (κ2) is 13.6. The first kappa shape index (κ1) is 20.9. The van der Waals surface area contributed by atoms with Gasteiger partial charge in [-0.05, 0) is 25.9 Å². The lowest BCUT2D eigenvalue weighted by molar-refractivity contribution is 0.170. The van der Waals surface area contributed by atoms with E-state index in [0.29, 0.717) is 6.10 Å². The van der Waals surface area contributed by atoms with Crippen LogP contribution in [-0.4, -0.2) is 14.4 Å². The normalized spacial score (nSPS) is 13.3. The highest BCUT2D eigenvalue weighted by atomic mass is 28.4. The summed E-state index contributed by atoms with van der Waals surface area (Å²) in [4.78, 5) is 0. The second-order valence-corrected chi connectivity index (χ2v) is 10.8. The Morgan fingerprint density at radius 3 is 1.81 bits per heavy atom. The van der Waals surface area contributed by atoms with Crippen molar-refractivity contribution in [1.29, 1.82) is 0 Å². The smallest absolute Gasteiger partial charge is 0.210 e. The van der Waals surface area contributed by atoms with Crippen molar-refractivity contribution in [1.82, 2.24) is 0 Å². The van der Waals surface area contributed by atoms with Crippen LogP contribution in [0.3, 0.4) is 0 Å². The Morgan fingerprint density at radius 2 is 1.33 bits per heavy atom. The molecule has 0 N–H and O–H groups in total. The molecule has 0 aromatic heterocycles. The molecule has 0 amide bonds. The summed E-state index contributed by atoms with van der Waals surface area (Å²) in [6, 6.07) is 0. The molecule has 2 heteroatoms. The van der Waals surface area contributed by atoms with E-state index in [0.717, 1.165) is 0 Å². The predicted molar refractivity (Wildman–Crippen MR) is 99.3 cm³/mol. The Labute approximate surface area is 135 Å². The van der Waals surface area contributed by atoms with Crippen LogP contribution in [-0.2, 0) is 4.43 Å². The maximum Gasteiger partial charge on any atom is 0.210 e. The fraction of sp³-hybridized carbons (Fsp3) is 0.895. The molecular formula is C19H40OSi. The quantitative estimate of drug-likeness (QED) is 0.233. The van der Waals surface area contributed by atoms with Gasteiger partial charge in [-0.1, -0.05) is 83.8 Å². The van der Waals surface area contributed by atoms with Gasteiger partial charge in [-0.2, -0.15) is 0 Å². The monoisotopic (exact) mass is 312 g/mol. The van der Waals surface area contributed by atoms with Crippen molar-refractivity contribution in [3.63, 3.8) is 0 Å². The lowest BCUT2D eigenvalue weighted by atomic mass is 10.0. The third-order valence-corrected chi connectivity index (χ3v) is 6.13. The summed E-state index contributed by atoms with van der Waals surface area (Å²) in [6.45, 7) is 13.0. The van der Waals surface area contributed by atoms with Crippen molar-refractivity contribution < 1.29 is 4.43 Å². The van der Waals surface area contributed by atoms with Gasteiger partial charge in [0, 0.05) is 6.10 Å². The summed E-state index contributed by atoms with van der Waals surface area (Å²) in [6.07, 6.45) is 16.8. The van der Waals surface area contributed by atoms with Crippen LogP contribution < -0.4 is 0 Å². The molecule has 21 heavy (non-hydrogen) atoms. The Bertz CT molecular complexity index is 238. The third kappa shape index (κ3) is 13.3. The van der Waals surface area contributed by atoms with E-state index in [-0.39, 0.29) is 0 Å². The molecular weight excluding hydrogens is 272 g/mol. The first-order valence-corrected chi connectivity index (χ1v) is 12.4. The molecule has 126 valence electrons. The third-order valence-electron chi connectivity index (χ3n) is 4.20. The fourth-order valence-electron chi connectivity index (χ4n) is 2.74. The molecule has 0 saturated heterocycles. The van der Waals surface area contributed by atoms with Gasteiger partial charge in [0.05, 0.1) is 0 Å². The van der Waals surface area contributed by atoms with Gasteiger partial charge in [-0.3, -0.25) is 0 Å². The number of unbranched alkanes of at least 4 members (excludes halogenated alkanes) is 8. The summed E-state index contributed by atoms with van der Waals surface area (Å²) >= 11 is 0. The molecule has 0 aromatic rings. The van der Waals surface area contributed by atoms with Gasteiger partial charge >= 0.3 is 0 Å². The van der Waals surface area contributed by atoms with Gasteiger partial charge in [0.15, 0.2) is 0 Å². The molecule has 0 spiro atoms. The topological polar surface area (TPSA) is 9.23 Å². The van der Waals surface area contributed by atoms with Gasteiger partial charge in [-0.15, -0.1) is 6.58 Å².